The van der Waals surface area contributed by atoms with Gasteiger partial charge in [-0.25, -0.2) is 3.98 Å². The average molecular weight is 155 g/mol. The quantitative estimate of drug-likeness (QED) is 0.379. The first kappa shape index (κ1) is 11.2. The van der Waals surface area contributed by atoms with Crippen molar-refractivity contribution in [1.29, 1.82) is 0 Å². The van der Waals surface area contributed by atoms with Gasteiger partial charge in [0.2, 0.25) is 0 Å². The van der Waals surface area contributed by atoms with Gasteiger partial charge in [0.15, 0.2) is 0 Å². The van der Waals surface area contributed by atoms with Crippen LogP contribution in [0.15, 0.2) is 0 Å². The second kappa shape index (κ2) is 4.25. The minimum atomic E-state index is -4.37. The predicted molar refractivity (Wildman–Crippen MR) is 26.5 cm³/mol. The van der Waals surface area contributed by atoms with Crippen molar-refractivity contribution in [2.45, 2.75) is 0 Å². The summed E-state index contributed by atoms with van der Waals surface area (Å²) in [5.74, 6) is 0. The van der Waals surface area contributed by atoms with Crippen LogP contribution in [0.1, 0.15) is 0 Å². The maximum atomic E-state index is 7.72. The Morgan fingerprint density at radius 2 is 1.43 bits per heavy atom. The first-order chi connectivity index (χ1) is 2.56. The Kier molecular flexibility index (Phi) is 6.79. The van der Waals surface area contributed by atoms with E-state index < -0.39 is 9.05 Å². The fraction of sp³-hybridized carbons (Fsp3) is 0. The van der Waals surface area contributed by atoms with Crippen molar-refractivity contribution < 1.29 is 18.4 Å². The van der Waals surface area contributed by atoms with E-state index in [0.717, 1.165) is 0 Å². The average Bonchev–Trinajstić information content (AvgIpc) is 1.35. The Balaban J connectivity index is 0. The molecule has 0 saturated heterocycles. The van der Waals surface area contributed by atoms with Crippen LogP contribution in [-0.4, -0.2) is 53.0 Å². The summed E-state index contributed by atoms with van der Waals surface area (Å²) in [6, 6.07) is 0. The summed E-state index contributed by atoms with van der Waals surface area (Å²) in [4.78, 5) is 23.2. The molecule has 0 radical (unpaired) electrons. The summed E-state index contributed by atoms with van der Waals surface area (Å²) in [5, 5.41) is 0. The van der Waals surface area contributed by atoms with Crippen LogP contribution in [-0.2, 0) is 3.98 Å². The molecule has 0 atom stereocenters. The predicted octanol–water partition coefficient (Wildman–Crippen LogP) is -2.08. The van der Waals surface area contributed by atoms with Crippen molar-refractivity contribution in [3.8, 4) is 0 Å². The summed E-state index contributed by atoms with van der Waals surface area (Å²) < 4.78 is 3.22. The summed E-state index contributed by atoms with van der Waals surface area (Å²) in [6.45, 7) is 0. The van der Waals surface area contributed by atoms with Gasteiger partial charge in [0.05, 0.1) is 11.9 Å². The zero-order valence-electron chi connectivity index (χ0n) is 2.63. The summed E-state index contributed by atoms with van der Waals surface area (Å²) >= 11 is 4.29. The Morgan fingerprint density at radius 1 is 1.29 bits per heavy atom. The van der Waals surface area contributed by atoms with E-state index in [9.17, 15) is 0 Å². The first-order valence-corrected chi connectivity index (χ1v) is 3.09. The Bertz CT molecular complexity index is 41.4. The zero-order valence-corrected chi connectivity index (χ0v) is 4.38. The van der Waals surface area contributed by atoms with Crippen LogP contribution in [0, 0.1) is 0 Å². The van der Waals surface area contributed by atoms with Crippen LogP contribution in [0.5, 0.6) is 0 Å². The van der Waals surface area contributed by atoms with Gasteiger partial charge in [-0.2, -0.15) is 0 Å². The van der Waals surface area contributed by atoms with E-state index in [1.807, 2.05) is 0 Å². The molecule has 0 fully saturated rings. The van der Waals surface area contributed by atoms with Gasteiger partial charge in [-0.1, -0.05) is 0 Å². The van der Waals surface area contributed by atoms with Crippen LogP contribution in [0.3, 0.4) is 0 Å². The first-order valence-electron chi connectivity index (χ1n) is 1.03. The number of rotatable bonds is 1. The van der Waals surface area contributed by atoms with Gasteiger partial charge >= 0.3 is 38.6 Å². The Labute approximate surface area is 68.6 Å². The minimum absolute atomic E-state index is 0. The third-order valence-corrected chi connectivity index (χ3v) is 0.932. The van der Waals surface area contributed by atoms with E-state index >= 15 is 0 Å². The molecule has 3 N–H and O–H groups in total. The molecule has 0 amide bonds. The number of hydrogen-bond acceptors (Lipinski definition) is 4. The molecule has 7 heavy (non-hydrogen) atoms. The summed E-state index contributed by atoms with van der Waals surface area (Å²) in [7, 11) is -4.37. The molecule has 0 bridgehead atoms. The molecule has 0 aromatic heterocycles. The van der Waals surface area contributed by atoms with Crippen molar-refractivity contribution in [3.05, 3.63) is 0 Å². The Morgan fingerprint density at radius 3 is 1.43 bits per heavy atom. The molecular weight excluding hydrogens is 151 g/mol. The van der Waals surface area contributed by atoms with Gasteiger partial charge in [0, 0.05) is 0 Å². The zero-order chi connectivity index (χ0) is 5.21. The van der Waals surface area contributed by atoms with E-state index in [2.05, 4.69) is 15.8 Å². The van der Waals surface area contributed by atoms with Gasteiger partial charge in [-0.05, 0) is 0 Å². The molecule has 4 nitrogen and oxygen atoms in total. The van der Waals surface area contributed by atoms with Crippen molar-refractivity contribution >= 4 is 50.5 Å². The van der Waals surface area contributed by atoms with Crippen molar-refractivity contribution in [3.63, 3.8) is 0 Å². The standard InChI is InChI=1S/ClH3O4Si.Na.H/c1-5-6(2,3)4;;/h2-4H;;. The molecule has 0 unspecified atom stereocenters. The van der Waals surface area contributed by atoms with Crippen LogP contribution in [0.25, 0.3) is 0 Å². The monoisotopic (exact) mass is 154 g/mol. The fourth-order valence-corrected chi connectivity index (χ4v) is 0. The van der Waals surface area contributed by atoms with Crippen LogP contribution >= 0.6 is 11.9 Å². The van der Waals surface area contributed by atoms with E-state index in [4.69, 9.17) is 14.4 Å². The topological polar surface area (TPSA) is 69.9 Å². The summed E-state index contributed by atoms with van der Waals surface area (Å²) in [6.07, 6.45) is 0. The van der Waals surface area contributed by atoms with E-state index in [0.29, 0.717) is 0 Å². The van der Waals surface area contributed by atoms with Crippen LogP contribution in [0.2, 0.25) is 0 Å². The number of hydrogen-bond donors (Lipinski definition) is 3. The molecule has 0 spiro atoms. The third-order valence-electron chi connectivity index (χ3n) is 0.104. The molecule has 0 rings (SSSR count). The normalized spacial score (nSPS) is 10.3. The molecule has 0 aliphatic rings. The van der Waals surface area contributed by atoms with Gasteiger partial charge in [0.25, 0.3) is 0 Å². The maximum absolute atomic E-state index is 7.72. The SMILES string of the molecule is O[Si](O)(O)OCl.[NaH]. The summed E-state index contributed by atoms with van der Waals surface area (Å²) in [5.41, 5.74) is 0. The molecule has 0 aromatic rings. The fourth-order valence-electron chi connectivity index (χ4n) is 0. The Hall–Kier alpha value is 1.35. The molecule has 0 aliphatic carbocycles. The molecule has 40 valence electrons. The van der Waals surface area contributed by atoms with Gasteiger partial charge in [-0.3, -0.25) is 0 Å². The molecule has 0 aliphatic heterocycles. The molecule has 0 saturated carbocycles. The van der Waals surface area contributed by atoms with Crippen LogP contribution in [0.4, 0.5) is 0 Å². The second-order valence-electron chi connectivity index (χ2n) is 0.651. The van der Waals surface area contributed by atoms with E-state index in [-0.39, 0.29) is 29.6 Å². The molecular formula is H4ClNaO4Si. The molecule has 7 heteroatoms. The third kappa shape index (κ3) is 11.1. The number of halogens is 1. The van der Waals surface area contributed by atoms with Crippen molar-refractivity contribution in [2.75, 3.05) is 0 Å². The molecule has 0 aromatic carbocycles. The van der Waals surface area contributed by atoms with E-state index in [1.54, 1.807) is 0 Å². The van der Waals surface area contributed by atoms with Crippen molar-refractivity contribution in [2.24, 2.45) is 0 Å². The van der Waals surface area contributed by atoms with Crippen LogP contribution < -0.4 is 0 Å². The van der Waals surface area contributed by atoms with Gasteiger partial charge < -0.3 is 14.4 Å². The van der Waals surface area contributed by atoms with E-state index in [1.165, 1.54) is 0 Å². The second-order valence-corrected chi connectivity index (χ2v) is 2.42. The van der Waals surface area contributed by atoms with Crippen molar-refractivity contribution in [1.82, 2.24) is 0 Å². The van der Waals surface area contributed by atoms with Gasteiger partial charge in [-0.15, -0.1) is 0 Å². The van der Waals surface area contributed by atoms with Gasteiger partial charge in [0.1, 0.15) is 0 Å². The molecule has 0 heterocycles.